The normalized spacial score (nSPS) is 10.5. The van der Waals surface area contributed by atoms with Crippen molar-refractivity contribution in [3.8, 4) is 5.75 Å². The second-order valence-corrected chi connectivity index (χ2v) is 4.02. The Morgan fingerprint density at radius 1 is 1.33 bits per heavy atom. The third kappa shape index (κ3) is 1.08. The summed E-state index contributed by atoms with van der Waals surface area (Å²) in [7, 11) is 1.71. The van der Waals surface area contributed by atoms with Gasteiger partial charge < -0.3 is 4.74 Å². The van der Waals surface area contributed by atoms with E-state index in [9.17, 15) is 0 Å². The predicted octanol–water partition coefficient (Wildman–Crippen LogP) is 3.22. The van der Waals surface area contributed by atoms with Crippen LogP contribution in [-0.2, 0) is 0 Å². The van der Waals surface area contributed by atoms with E-state index in [0.717, 1.165) is 5.75 Å². The molecule has 2 rings (SSSR count). The number of benzene rings is 1. The Bertz CT molecular complexity index is 403. The molecule has 0 aliphatic rings. The van der Waals surface area contributed by atoms with Crippen LogP contribution in [0.25, 0.3) is 10.1 Å². The van der Waals surface area contributed by atoms with Crippen LogP contribution in [0.15, 0.2) is 24.3 Å². The molecule has 0 radical (unpaired) electrons. The van der Waals surface area contributed by atoms with E-state index < -0.39 is 0 Å². The molecule has 62 valence electrons. The van der Waals surface area contributed by atoms with Gasteiger partial charge in [-0.15, -0.1) is 11.3 Å². The summed E-state index contributed by atoms with van der Waals surface area (Å²) >= 11 is 1.80. The maximum Gasteiger partial charge on any atom is 0.127 e. The van der Waals surface area contributed by atoms with Gasteiger partial charge >= 0.3 is 0 Å². The van der Waals surface area contributed by atoms with Gasteiger partial charge in [-0.25, -0.2) is 0 Å². The molecule has 1 aromatic heterocycles. The summed E-state index contributed by atoms with van der Waals surface area (Å²) in [5, 5.41) is 1.22. The monoisotopic (exact) mass is 178 g/mol. The molecule has 0 saturated carbocycles. The van der Waals surface area contributed by atoms with Gasteiger partial charge in [-0.3, -0.25) is 0 Å². The third-order valence-electron chi connectivity index (χ3n) is 1.86. The van der Waals surface area contributed by atoms with Crippen molar-refractivity contribution < 1.29 is 4.74 Å². The summed E-state index contributed by atoms with van der Waals surface area (Å²) in [4.78, 5) is 1.33. The molecule has 0 atom stereocenters. The van der Waals surface area contributed by atoms with Gasteiger partial charge in [0.15, 0.2) is 0 Å². The Morgan fingerprint density at radius 2 is 2.17 bits per heavy atom. The van der Waals surface area contributed by atoms with Crippen molar-refractivity contribution in [1.29, 1.82) is 0 Å². The maximum atomic E-state index is 5.25. The first kappa shape index (κ1) is 7.62. The quantitative estimate of drug-likeness (QED) is 0.651. The van der Waals surface area contributed by atoms with Crippen LogP contribution in [-0.4, -0.2) is 7.11 Å². The lowest BCUT2D eigenvalue weighted by Crippen LogP contribution is -1.80. The second kappa shape index (κ2) is 2.79. The van der Waals surface area contributed by atoms with Crippen LogP contribution < -0.4 is 4.74 Å². The Kier molecular flexibility index (Phi) is 1.77. The van der Waals surface area contributed by atoms with E-state index >= 15 is 0 Å². The van der Waals surface area contributed by atoms with Gasteiger partial charge in [0.05, 0.1) is 7.11 Å². The Hall–Kier alpha value is -1.02. The Morgan fingerprint density at radius 3 is 2.92 bits per heavy atom. The van der Waals surface area contributed by atoms with E-state index in [4.69, 9.17) is 4.74 Å². The van der Waals surface area contributed by atoms with Crippen LogP contribution in [0, 0.1) is 6.92 Å². The highest BCUT2D eigenvalue weighted by Gasteiger charge is 2.02. The van der Waals surface area contributed by atoms with E-state index in [1.54, 1.807) is 18.4 Å². The highest BCUT2D eigenvalue weighted by molar-refractivity contribution is 7.19. The van der Waals surface area contributed by atoms with Crippen molar-refractivity contribution in [2.24, 2.45) is 0 Å². The van der Waals surface area contributed by atoms with Crippen LogP contribution in [0.2, 0.25) is 0 Å². The van der Waals surface area contributed by atoms with Crippen LogP contribution >= 0.6 is 11.3 Å². The zero-order chi connectivity index (χ0) is 8.55. The zero-order valence-electron chi connectivity index (χ0n) is 7.13. The summed E-state index contributed by atoms with van der Waals surface area (Å²) in [5.74, 6) is 0.969. The Balaban J connectivity index is 2.78. The fourth-order valence-corrected chi connectivity index (χ4v) is 2.28. The molecule has 1 heterocycles. The van der Waals surface area contributed by atoms with Gasteiger partial charge in [0.25, 0.3) is 0 Å². The molecule has 12 heavy (non-hydrogen) atoms. The first-order chi connectivity index (χ1) is 5.81. The fraction of sp³-hybridized carbons (Fsp3) is 0.200. The fourth-order valence-electron chi connectivity index (χ4n) is 1.34. The largest absolute Gasteiger partial charge is 0.496 e. The second-order valence-electron chi connectivity index (χ2n) is 2.73. The molecule has 0 aliphatic heterocycles. The van der Waals surface area contributed by atoms with Crippen LogP contribution in [0.1, 0.15) is 4.88 Å². The van der Waals surface area contributed by atoms with Crippen LogP contribution in [0.5, 0.6) is 5.75 Å². The number of ether oxygens (including phenoxy) is 1. The number of thiophene rings is 1. The molecule has 2 aromatic rings. The van der Waals surface area contributed by atoms with Crippen LogP contribution in [0.4, 0.5) is 0 Å². The van der Waals surface area contributed by atoms with Gasteiger partial charge in [-0.2, -0.15) is 0 Å². The summed E-state index contributed by atoms with van der Waals surface area (Å²) in [5.41, 5.74) is 0. The standard InChI is InChI=1S/C10H10OS/c1-7-6-8-9(11-2)4-3-5-10(8)12-7/h3-6H,1-2H3. The maximum absolute atomic E-state index is 5.25. The van der Waals surface area contributed by atoms with Gasteiger partial charge in [-0.05, 0) is 25.1 Å². The Labute approximate surface area is 75.6 Å². The molecular weight excluding hydrogens is 168 g/mol. The van der Waals surface area contributed by atoms with E-state index in [-0.39, 0.29) is 0 Å². The molecule has 1 aromatic carbocycles. The van der Waals surface area contributed by atoms with Gasteiger partial charge in [-0.1, -0.05) is 6.07 Å². The minimum Gasteiger partial charge on any atom is -0.496 e. The van der Waals surface area contributed by atoms with Crippen molar-refractivity contribution in [2.75, 3.05) is 7.11 Å². The number of methoxy groups -OCH3 is 1. The van der Waals surface area contributed by atoms with Gasteiger partial charge in [0.2, 0.25) is 0 Å². The minimum absolute atomic E-state index is 0.969. The van der Waals surface area contributed by atoms with Crippen LogP contribution in [0.3, 0.4) is 0 Å². The molecule has 0 fully saturated rings. The van der Waals surface area contributed by atoms with Crippen molar-refractivity contribution >= 4 is 21.4 Å². The number of aryl methyl sites for hydroxylation is 1. The average Bonchev–Trinajstić information content (AvgIpc) is 2.44. The topological polar surface area (TPSA) is 9.23 Å². The molecular formula is C10H10OS. The lowest BCUT2D eigenvalue weighted by atomic mass is 10.2. The predicted molar refractivity (Wildman–Crippen MR) is 53.1 cm³/mol. The molecule has 0 amide bonds. The first-order valence-corrected chi connectivity index (χ1v) is 4.66. The molecule has 0 N–H and O–H groups in total. The number of rotatable bonds is 1. The van der Waals surface area contributed by atoms with E-state index in [2.05, 4.69) is 19.1 Å². The lowest BCUT2D eigenvalue weighted by molar-refractivity contribution is 0.420. The van der Waals surface area contributed by atoms with Gasteiger partial charge in [0.1, 0.15) is 5.75 Å². The zero-order valence-corrected chi connectivity index (χ0v) is 7.94. The smallest absolute Gasteiger partial charge is 0.127 e. The molecule has 0 aliphatic carbocycles. The number of hydrogen-bond donors (Lipinski definition) is 0. The number of hydrogen-bond acceptors (Lipinski definition) is 2. The average molecular weight is 178 g/mol. The van der Waals surface area contributed by atoms with E-state index in [1.807, 2.05) is 12.1 Å². The van der Waals surface area contributed by atoms with Crippen molar-refractivity contribution in [1.82, 2.24) is 0 Å². The number of fused-ring (bicyclic) bond motifs is 1. The molecule has 0 saturated heterocycles. The summed E-state index contributed by atoms with van der Waals surface area (Å²) in [6.45, 7) is 2.12. The highest BCUT2D eigenvalue weighted by Crippen LogP contribution is 2.31. The van der Waals surface area contributed by atoms with E-state index in [1.165, 1.54) is 15.0 Å². The lowest BCUT2D eigenvalue weighted by Gasteiger charge is -1.99. The molecule has 2 heteroatoms. The van der Waals surface area contributed by atoms with Crippen molar-refractivity contribution in [3.63, 3.8) is 0 Å². The molecule has 0 bridgehead atoms. The molecule has 0 spiro atoms. The highest BCUT2D eigenvalue weighted by atomic mass is 32.1. The van der Waals surface area contributed by atoms with E-state index in [0.29, 0.717) is 0 Å². The SMILES string of the molecule is COc1cccc2sc(C)cc12. The summed E-state index contributed by atoms with van der Waals surface area (Å²) in [6, 6.07) is 8.31. The third-order valence-corrected chi connectivity index (χ3v) is 2.88. The van der Waals surface area contributed by atoms with Crippen molar-refractivity contribution in [3.05, 3.63) is 29.1 Å². The van der Waals surface area contributed by atoms with Gasteiger partial charge in [0, 0.05) is 15.0 Å². The minimum atomic E-state index is 0.969. The first-order valence-electron chi connectivity index (χ1n) is 3.84. The molecule has 0 unspecified atom stereocenters. The summed E-state index contributed by atoms with van der Waals surface area (Å²) < 4.78 is 6.55. The molecule has 1 nitrogen and oxygen atoms in total. The van der Waals surface area contributed by atoms with Crippen molar-refractivity contribution in [2.45, 2.75) is 6.92 Å². The summed E-state index contributed by atoms with van der Waals surface area (Å²) in [6.07, 6.45) is 0.